The minimum atomic E-state index is -0.891. The molecule has 2 nitrogen and oxygen atoms in total. The SMILES string of the molecule is C=CCC(N)(c1ccccc1F)C(c1ccccc1)N(C)C. The maximum atomic E-state index is 14.4. The van der Waals surface area contributed by atoms with Crippen molar-refractivity contribution in [3.63, 3.8) is 0 Å². The molecule has 2 N–H and O–H groups in total. The quantitative estimate of drug-likeness (QED) is 0.821. The van der Waals surface area contributed by atoms with E-state index in [2.05, 4.69) is 6.58 Å². The Morgan fingerprint density at radius 2 is 1.73 bits per heavy atom. The van der Waals surface area contributed by atoms with Gasteiger partial charge < -0.3 is 10.6 Å². The molecule has 2 unspecified atom stereocenters. The topological polar surface area (TPSA) is 29.3 Å². The lowest BCUT2D eigenvalue weighted by Gasteiger charge is -2.41. The number of hydrogen-bond acceptors (Lipinski definition) is 2. The van der Waals surface area contributed by atoms with E-state index in [1.807, 2.05) is 55.4 Å². The van der Waals surface area contributed by atoms with Crippen LogP contribution in [0.5, 0.6) is 0 Å². The Morgan fingerprint density at radius 1 is 1.14 bits per heavy atom. The Bertz CT molecular complexity index is 624. The Kier molecular flexibility index (Phi) is 5.11. The van der Waals surface area contributed by atoms with Gasteiger partial charge in [-0.3, -0.25) is 0 Å². The summed E-state index contributed by atoms with van der Waals surface area (Å²) < 4.78 is 14.4. The Labute approximate surface area is 132 Å². The molecule has 2 atom stereocenters. The lowest BCUT2D eigenvalue weighted by Crippen LogP contribution is -2.48. The summed E-state index contributed by atoms with van der Waals surface area (Å²) in [6, 6.07) is 16.5. The minimum Gasteiger partial charge on any atom is -0.319 e. The highest BCUT2D eigenvalue weighted by Crippen LogP contribution is 2.40. The maximum absolute atomic E-state index is 14.4. The third kappa shape index (κ3) is 3.11. The minimum absolute atomic E-state index is 0.163. The number of nitrogens with two attached hydrogens (primary N) is 1. The summed E-state index contributed by atoms with van der Waals surface area (Å²) in [5, 5.41) is 0. The third-order valence-corrected chi connectivity index (χ3v) is 3.98. The highest BCUT2D eigenvalue weighted by Gasteiger charge is 2.39. The van der Waals surface area contributed by atoms with Crippen LogP contribution in [0.1, 0.15) is 23.6 Å². The van der Waals surface area contributed by atoms with Gasteiger partial charge in [0.1, 0.15) is 5.82 Å². The zero-order chi connectivity index (χ0) is 16.2. The van der Waals surface area contributed by atoms with Crippen LogP contribution in [0.4, 0.5) is 4.39 Å². The van der Waals surface area contributed by atoms with Gasteiger partial charge in [-0.05, 0) is 32.1 Å². The average Bonchev–Trinajstić information content (AvgIpc) is 2.48. The standard InChI is InChI=1S/C19H23FN2/c1-4-14-19(21,16-12-8-9-13-17(16)20)18(22(2)3)15-10-6-5-7-11-15/h4-13,18H,1,14,21H2,2-3H3. The smallest absolute Gasteiger partial charge is 0.128 e. The molecule has 2 aromatic carbocycles. The van der Waals surface area contributed by atoms with Gasteiger partial charge >= 0.3 is 0 Å². The number of benzene rings is 2. The fourth-order valence-electron chi connectivity index (χ4n) is 3.14. The van der Waals surface area contributed by atoms with E-state index in [0.717, 1.165) is 5.56 Å². The van der Waals surface area contributed by atoms with Crippen molar-refractivity contribution in [1.82, 2.24) is 4.90 Å². The van der Waals surface area contributed by atoms with Gasteiger partial charge in [0.25, 0.3) is 0 Å². The molecule has 2 rings (SSSR count). The van der Waals surface area contributed by atoms with Gasteiger partial charge in [0.15, 0.2) is 0 Å². The summed E-state index contributed by atoms with van der Waals surface area (Å²) >= 11 is 0. The molecule has 3 heteroatoms. The third-order valence-electron chi connectivity index (χ3n) is 3.98. The normalized spacial score (nSPS) is 15.3. The van der Waals surface area contributed by atoms with Gasteiger partial charge in [0.05, 0.1) is 11.6 Å². The van der Waals surface area contributed by atoms with Crippen LogP contribution >= 0.6 is 0 Å². The molecular formula is C19H23FN2. The van der Waals surface area contributed by atoms with Crippen LogP contribution in [0.25, 0.3) is 0 Å². The molecule has 0 heterocycles. The second-order valence-corrected chi connectivity index (χ2v) is 5.79. The largest absolute Gasteiger partial charge is 0.319 e. The summed E-state index contributed by atoms with van der Waals surface area (Å²) in [6.45, 7) is 3.82. The van der Waals surface area contributed by atoms with Gasteiger partial charge in [0.2, 0.25) is 0 Å². The van der Waals surface area contributed by atoms with Crippen LogP contribution in [0.2, 0.25) is 0 Å². The van der Waals surface area contributed by atoms with E-state index < -0.39 is 5.54 Å². The second-order valence-electron chi connectivity index (χ2n) is 5.79. The first-order chi connectivity index (χ1) is 10.5. The molecule has 0 saturated heterocycles. The molecule has 22 heavy (non-hydrogen) atoms. The van der Waals surface area contributed by atoms with Crippen molar-refractivity contribution < 1.29 is 4.39 Å². The number of rotatable bonds is 6. The lowest BCUT2D eigenvalue weighted by molar-refractivity contribution is 0.174. The molecule has 2 aromatic rings. The van der Waals surface area contributed by atoms with Crippen LogP contribution < -0.4 is 5.73 Å². The van der Waals surface area contributed by atoms with Gasteiger partial charge in [-0.2, -0.15) is 0 Å². The zero-order valence-corrected chi connectivity index (χ0v) is 13.2. The fourth-order valence-corrected chi connectivity index (χ4v) is 3.14. The number of likely N-dealkylation sites (N-methyl/N-ethyl adjacent to an activating group) is 1. The molecule has 0 aliphatic rings. The second kappa shape index (κ2) is 6.86. The molecule has 0 aliphatic carbocycles. The van der Waals surface area contributed by atoms with Gasteiger partial charge in [0, 0.05) is 5.56 Å². The highest BCUT2D eigenvalue weighted by atomic mass is 19.1. The molecule has 0 aromatic heterocycles. The van der Waals surface area contributed by atoms with Crippen molar-refractivity contribution in [1.29, 1.82) is 0 Å². The maximum Gasteiger partial charge on any atom is 0.128 e. The molecule has 0 amide bonds. The molecule has 116 valence electrons. The summed E-state index contributed by atoms with van der Waals surface area (Å²) in [5.74, 6) is -0.283. The first kappa shape index (κ1) is 16.4. The van der Waals surface area contributed by atoms with Crippen LogP contribution in [-0.4, -0.2) is 19.0 Å². The summed E-state index contributed by atoms with van der Waals surface area (Å²) in [7, 11) is 3.92. The Morgan fingerprint density at radius 3 is 2.27 bits per heavy atom. The Hall–Kier alpha value is -1.97. The predicted molar refractivity (Wildman–Crippen MR) is 89.9 cm³/mol. The molecule has 0 fully saturated rings. The molecule has 0 bridgehead atoms. The van der Waals surface area contributed by atoms with Crippen molar-refractivity contribution in [3.05, 3.63) is 84.2 Å². The van der Waals surface area contributed by atoms with E-state index >= 15 is 0 Å². The zero-order valence-electron chi connectivity index (χ0n) is 13.2. The summed E-state index contributed by atoms with van der Waals surface area (Å²) in [4.78, 5) is 2.03. The molecule has 0 radical (unpaired) electrons. The number of hydrogen-bond donors (Lipinski definition) is 1. The molecular weight excluding hydrogens is 275 g/mol. The van der Waals surface area contributed by atoms with Gasteiger partial charge in [-0.25, -0.2) is 4.39 Å². The monoisotopic (exact) mass is 298 g/mol. The van der Waals surface area contributed by atoms with Crippen molar-refractivity contribution in [2.24, 2.45) is 5.73 Å². The van der Waals surface area contributed by atoms with Crippen LogP contribution in [0, 0.1) is 5.82 Å². The predicted octanol–water partition coefficient (Wildman–Crippen LogP) is 3.86. The van der Waals surface area contributed by atoms with Gasteiger partial charge in [-0.1, -0.05) is 54.6 Å². The van der Waals surface area contributed by atoms with Crippen LogP contribution in [-0.2, 0) is 5.54 Å². The van der Waals surface area contributed by atoms with E-state index in [1.165, 1.54) is 6.07 Å². The molecule has 0 saturated carbocycles. The van der Waals surface area contributed by atoms with E-state index in [1.54, 1.807) is 18.2 Å². The first-order valence-corrected chi connectivity index (χ1v) is 7.37. The summed E-state index contributed by atoms with van der Waals surface area (Å²) in [5.41, 5.74) is 7.43. The van der Waals surface area contributed by atoms with Gasteiger partial charge in [-0.15, -0.1) is 6.58 Å². The first-order valence-electron chi connectivity index (χ1n) is 7.37. The number of halogens is 1. The average molecular weight is 298 g/mol. The molecule has 0 spiro atoms. The van der Waals surface area contributed by atoms with E-state index in [-0.39, 0.29) is 11.9 Å². The summed E-state index contributed by atoms with van der Waals surface area (Å²) in [6.07, 6.45) is 2.23. The molecule has 0 aliphatic heterocycles. The van der Waals surface area contributed by atoms with Crippen molar-refractivity contribution in [3.8, 4) is 0 Å². The lowest BCUT2D eigenvalue weighted by atomic mass is 9.77. The van der Waals surface area contributed by atoms with E-state index in [0.29, 0.717) is 12.0 Å². The fraction of sp³-hybridized carbons (Fsp3) is 0.263. The van der Waals surface area contributed by atoms with Crippen LogP contribution in [0.15, 0.2) is 67.3 Å². The van der Waals surface area contributed by atoms with Crippen molar-refractivity contribution in [2.45, 2.75) is 18.0 Å². The Balaban J connectivity index is 2.61. The van der Waals surface area contributed by atoms with E-state index in [4.69, 9.17) is 5.73 Å². The number of nitrogens with zero attached hydrogens (tertiary/aromatic N) is 1. The van der Waals surface area contributed by atoms with Crippen molar-refractivity contribution >= 4 is 0 Å². The van der Waals surface area contributed by atoms with Crippen LogP contribution in [0.3, 0.4) is 0 Å². The van der Waals surface area contributed by atoms with Crippen molar-refractivity contribution in [2.75, 3.05) is 14.1 Å². The van der Waals surface area contributed by atoms with E-state index in [9.17, 15) is 4.39 Å². The highest BCUT2D eigenvalue weighted by molar-refractivity contribution is 5.34.